The third kappa shape index (κ3) is 3.35. The van der Waals surface area contributed by atoms with Gasteiger partial charge in [0.1, 0.15) is 23.6 Å². The number of carboxylic acids is 1. The molecule has 0 aliphatic rings. The number of halogens is 4. The fourth-order valence-electron chi connectivity index (χ4n) is 1.79. The van der Waals surface area contributed by atoms with E-state index in [1.54, 1.807) is 0 Å². The molecule has 22 heavy (non-hydrogen) atoms. The van der Waals surface area contributed by atoms with E-state index in [0.717, 1.165) is 6.07 Å². The number of H-pyrrole nitrogens is 1. The van der Waals surface area contributed by atoms with E-state index in [1.807, 2.05) is 0 Å². The van der Waals surface area contributed by atoms with Gasteiger partial charge in [-0.05, 0) is 12.1 Å². The maximum absolute atomic E-state index is 12.6. The molecule has 0 unspecified atom stereocenters. The summed E-state index contributed by atoms with van der Waals surface area (Å²) in [7, 11) is 0. The Labute approximate surface area is 121 Å². The summed E-state index contributed by atoms with van der Waals surface area (Å²) in [5.41, 5.74) is -2.02. The van der Waals surface area contributed by atoms with E-state index in [2.05, 4.69) is 10.2 Å². The van der Waals surface area contributed by atoms with Crippen LogP contribution < -0.4 is 4.74 Å². The van der Waals surface area contributed by atoms with Gasteiger partial charge in [0.05, 0.1) is 5.69 Å². The van der Waals surface area contributed by atoms with Crippen molar-refractivity contribution in [3.8, 4) is 5.75 Å². The molecular formula is C13H10F4N2O3. The Bertz CT molecular complexity index is 673. The Morgan fingerprint density at radius 1 is 1.27 bits per heavy atom. The number of rotatable bonds is 6. The number of alkyl halides is 4. The first-order valence-corrected chi connectivity index (χ1v) is 5.99. The van der Waals surface area contributed by atoms with Crippen LogP contribution in [0.4, 0.5) is 17.6 Å². The molecule has 1 aromatic carbocycles. The Hall–Kier alpha value is -2.58. The number of aromatic amines is 1. The van der Waals surface area contributed by atoms with Crippen molar-refractivity contribution < 1.29 is 32.2 Å². The number of ether oxygens (including phenoxy) is 1. The van der Waals surface area contributed by atoms with Gasteiger partial charge in [-0.25, -0.2) is 22.4 Å². The molecule has 2 rings (SSSR count). The lowest BCUT2D eigenvalue weighted by Crippen LogP contribution is -2.07. The first kappa shape index (κ1) is 15.8. The van der Waals surface area contributed by atoms with Crippen LogP contribution in [0.15, 0.2) is 24.3 Å². The third-order valence-electron chi connectivity index (χ3n) is 2.78. The minimum Gasteiger partial charge on any atom is -0.487 e. The summed E-state index contributed by atoms with van der Waals surface area (Å²) in [6.07, 6.45) is -5.74. The smallest absolute Gasteiger partial charge is 0.339 e. The van der Waals surface area contributed by atoms with E-state index in [9.17, 15) is 22.4 Å². The number of nitrogens with zero attached hydrogens (tertiary/aromatic N) is 1. The molecule has 1 heterocycles. The molecule has 0 bridgehead atoms. The van der Waals surface area contributed by atoms with E-state index in [1.165, 1.54) is 18.2 Å². The van der Waals surface area contributed by atoms with Crippen molar-refractivity contribution in [1.82, 2.24) is 10.2 Å². The summed E-state index contributed by atoms with van der Waals surface area (Å²) in [6, 6.07) is 5.00. The Kier molecular flexibility index (Phi) is 4.64. The predicted octanol–water partition coefficient (Wildman–Crippen LogP) is 3.56. The van der Waals surface area contributed by atoms with E-state index < -0.39 is 36.7 Å². The zero-order chi connectivity index (χ0) is 16.3. The van der Waals surface area contributed by atoms with Crippen molar-refractivity contribution in [1.29, 1.82) is 0 Å². The molecule has 1 aromatic heterocycles. The second-order valence-electron chi connectivity index (χ2n) is 4.23. The number of hydrogen-bond acceptors (Lipinski definition) is 3. The topological polar surface area (TPSA) is 75.2 Å². The van der Waals surface area contributed by atoms with E-state index >= 15 is 0 Å². The van der Waals surface area contributed by atoms with Crippen LogP contribution in [0.25, 0.3) is 0 Å². The van der Waals surface area contributed by atoms with Gasteiger partial charge in [-0.3, -0.25) is 5.10 Å². The largest absolute Gasteiger partial charge is 0.487 e. The summed E-state index contributed by atoms with van der Waals surface area (Å²) in [5.74, 6) is -1.52. The Balaban J connectivity index is 2.18. The van der Waals surface area contributed by atoms with Crippen LogP contribution >= 0.6 is 0 Å². The van der Waals surface area contributed by atoms with Crippen LogP contribution in [0.1, 0.15) is 40.2 Å². The molecule has 2 N–H and O–H groups in total. The van der Waals surface area contributed by atoms with Crippen molar-refractivity contribution in [2.24, 2.45) is 0 Å². The molecule has 0 radical (unpaired) electrons. The molecular weight excluding hydrogens is 308 g/mol. The molecule has 0 aliphatic carbocycles. The first-order valence-electron chi connectivity index (χ1n) is 5.99. The maximum atomic E-state index is 12.6. The molecule has 0 atom stereocenters. The highest BCUT2D eigenvalue weighted by atomic mass is 19.3. The van der Waals surface area contributed by atoms with Gasteiger partial charge in [-0.15, -0.1) is 0 Å². The van der Waals surface area contributed by atoms with Crippen molar-refractivity contribution in [2.45, 2.75) is 19.5 Å². The summed E-state index contributed by atoms with van der Waals surface area (Å²) >= 11 is 0. The molecule has 0 amide bonds. The van der Waals surface area contributed by atoms with Gasteiger partial charge in [0.2, 0.25) is 0 Å². The monoisotopic (exact) mass is 318 g/mol. The number of aromatic nitrogens is 2. The second-order valence-corrected chi connectivity index (χ2v) is 4.23. The molecule has 0 fully saturated rings. The molecule has 0 saturated heterocycles. The minimum absolute atomic E-state index is 0.0577. The molecule has 118 valence electrons. The van der Waals surface area contributed by atoms with Crippen LogP contribution in [0, 0.1) is 0 Å². The van der Waals surface area contributed by atoms with Gasteiger partial charge >= 0.3 is 5.97 Å². The Morgan fingerprint density at radius 2 is 2.00 bits per heavy atom. The normalized spacial score (nSPS) is 11.2. The van der Waals surface area contributed by atoms with Gasteiger partial charge in [-0.2, -0.15) is 5.10 Å². The Morgan fingerprint density at radius 3 is 2.59 bits per heavy atom. The summed E-state index contributed by atoms with van der Waals surface area (Å²) in [5, 5.41) is 14.4. The molecule has 2 aromatic rings. The average molecular weight is 318 g/mol. The number of benzene rings is 1. The fraction of sp³-hybridized carbons (Fsp3) is 0.231. The highest BCUT2D eigenvalue weighted by Gasteiger charge is 2.26. The molecule has 0 saturated carbocycles. The summed E-state index contributed by atoms with van der Waals surface area (Å²) in [6.45, 7) is -0.423. The number of hydrogen-bond donors (Lipinski definition) is 2. The van der Waals surface area contributed by atoms with Crippen LogP contribution in [0.5, 0.6) is 5.75 Å². The molecule has 9 heteroatoms. The fourth-order valence-corrected chi connectivity index (χ4v) is 1.79. The standard InChI is InChI=1S/C13H10F4N2O3/c14-11(15)6-2-1-3-7(4-6)22-5-8-9(13(20)21)10(12(16)17)19-18-8/h1-4,11-12H,5H2,(H,18,19)(H,20,21). The van der Waals surface area contributed by atoms with Crippen LogP contribution in [0.2, 0.25) is 0 Å². The number of aromatic carboxylic acids is 1. The molecule has 5 nitrogen and oxygen atoms in total. The lowest BCUT2D eigenvalue weighted by molar-refractivity contribution is 0.0681. The van der Waals surface area contributed by atoms with Crippen LogP contribution in [0.3, 0.4) is 0 Å². The van der Waals surface area contributed by atoms with E-state index in [4.69, 9.17) is 9.84 Å². The maximum Gasteiger partial charge on any atom is 0.339 e. The summed E-state index contributed by atoms with van der Waals surface area (Å²) < 4.78 is 55.5. The predicted molar refractivity (Wildman–Crippen MR) is 66.2 cm³/mol. The zero-order valence-electron chi connectivity index (χ0n) is 10.9. The number of carboxylic acid groups (broad SMARTS) is 1. The molecule has 0 aliphatic heterocycles. The highest BCUT2D eigenvalue weighted by molar-refractivity contribution is 5.90. The van der Waals surface area contributed by atoms with Gasteiger partial charge < -0.3 is 9.84 Å². The number of nitrogens with one attached hydrogen (secondary N) is 1. The molecule has 0 spiro atoms. The second kappa shape index (κ2) is 6.46. The van der Waals surface area contributed by atoms with Gasteiger partial charge in [-0.1, -0.05) is 12.1 Å². The average Bonchev–Trinajstić information content (AvgIpc) is 2.89. The van der Waals surface area contributed by atoms with E-state index in [-0.39, 0.29) is 17.0 Å². The van der Waals surface area contributed by atoms with Crippen LogP contribution in [-0.4, -0.2) is 21.3 Å². The lowest BCUT2D eigenvalue weighted by atomic mass is 10.2. The van der Waals surface area contributed by atoms with Crippen molar-refractivity contribution in [3.05, 3.63) is 46.8 Å². The first-order chi connectivity index (χ1) is 10.4. The zero-order valence-corrected chi connectivity index (χ0v) is 10.9. The third-order valence-corrected chi connectivity index (χ3v) is 2.78. The number of carbonyl (C=O) groups is 1. The van der Waals surface area contributed by atoms with E-state index in [0.29, 0.717) is 0 Å². The van der Waals surface area contributed by atoms with Gasteiger partial charge in [0, 0.05) is 5.56 Å². The quantitative estimate of drug-likeness (QED) is 0.799. The highest BCUT2D eigenvalue weighted by Crippen LogP contribution is 2.26. The SMILES string of the molecule is O=C(O)c1c(C(F)F)n[nH]c1COc1cccc(C(F)F)c1. The van der Waals surface area contributed by atoms with Crippen molar-refractivity contribution in [3.63, 3.8) is 0 Å². The van der Waals surface area contributed by atoms with Crippen molar-refractivity contribution in [2.75, 3.05) is 0 Å². The minimum atomic E-state index is -3.06. The lowest BCUT2D eigenvalue weighted by Gasteiger charge is -2.07. The van der Waals surface area contributed by atoms with Crippen LogP contribution in [-0.2, 0) is 6.61 Å². The van der Waals surface area contributed by atoms with Crippen molar-refractivity contribution >= 4 is 5.97 Å². The van der Waals surface area contributed by atoms with Gasteiger partial charge in [0.25, 0.3) is 12.9 Å². The van der Waals surface area contributed by atoms with Gasteiger partial charge in [0.15, 0.2) is 0 Å². The summed E-state index contributed by atoms with van der Waals surface area (Å²) in [4.78, 5) is 11.0.